The summed E-state index contributed by atoms with van der Waals surface area (Å²) in [4.78, 5) is 5.09. The molecule has 90 valence electrons. The maximum absolute atomic E-state index is 4.36. The molecule has 3 heteroatoms. The van der Waals surface area contributed by atoms with Crippen LogP contribution in [0, 0.1) is 5.92 Å². The van der Waals surface area contributed by atoms with E-state index in [0.29, 0.717) is 0 Å². The molecular formula is C13H21BrN2. The molecule has 2 rings (SSSR count). The zero-order valence-corrected chi connectivity index (χ0v) is 11.6. The van der Waals surface area contributed by atoms with Gasteiger partial charge in [-0.15, -0.1) is 0 Å². The smallest absolute Gasteiger partial charge is 0.108 e. The highest BCUT2D eigenvalue weighted by atomic mass is 79.9. The van der Waals surface area contributed by atoms with E-state index in [2.05, 4.69) is 32.5 Å². The zero-order chi connectivity index (χ0) is 11.4. The second-order valence-electron chi connectivity index (χ2n) is 4.91. The van der Waals surface area contributed by atoms with Gasteiger partial charge in [-0.3, -0.25) is 0 Å². The molecule has 1 saturated carbocycles. The van der Waals surface area contributed by atoms with Crippen molar-refractivity contribution in [3.05, 3.63) is 18.2 Å². The van der Waals surface area contributed by atoms with Gasteiger partial charge in [0.15, 0.2) is 0 Å². The van der Waals surface area contributed by atoms with Gasteiger partial charge < -0.3 is 4.57 Å². The lowest BCUT2D eigenvalue weighted by Gasteiger charge is -2.16. The van der Waals surface area contributed by atoms with Crippen molar-refractivity contribution < 1.29 is 0 Å². The van der Waals surface area contributed by atoms with Crippen LogP contribution in [0.4, 0.5) is 0 Å². The number of hydrogen-bond donors (Lipinski definition) is 0. The second-order valence-corrected chi connectivity index (χ2v) is 6.08. The minimum Gasteiger partial charge on any atom is -0.338 e. The Bertz CT molecular complexity index is 315. The number of alkyl halides is 1. The molecule has 1 aromatic heterocycles. The molecule has 1 fully saturated rings. The molecule has 1 aliphatic carbocycles. The maximum Gasteiger partial charge on any atom is 0.108 e. The zero-order valence-electron chi connectivity index (χ0n) is 10.0. The van der Waals surface area contributed by atoms with E-state index in [1.807, 2.05) is 12.4 Å². The van der Waals surface area contributed by atoms with Crippen molar-refractivity contribution in [2.24, 2.45) is 13.0 Å². The van der Waals surface area contributed by atoms with E-state index >= 15 is 0 Å². The first kappa shape index (κ1) is 12.2. The van der Waals surface area contributed by atoms with Crippen molar-refractivity contribution >= 4 is 15.9 Å². The predicted octanol–water partition coefficient (Wildman–Crippen LogP) is 3.70. The van der Waals surface area contributed by atoms with Crippen molar-refractivity contribution in [3.8, 4) is 0 Å². The molecule has 1 atom stereocenters. The van der Waals surface area contributed by atoms with Crippen molar-refractivity contribution in [1.29, 1.82) is 0 Å². The Labute approximate surface area is 107 Å². The molecule has 1 aromatic rings. The monoisotopic (exact) mass is 284 g/mol. The summed E-state index contributed by atoms with van der Waals surface area (Å²) in [6, 6.07) is 0. The molecule has 0 aromatic carbocycles. The lowest BCUT2D eigenvalue weighted by molar-refractivity contribution is 0.492. The summed E-state index contributed by atoms with van der Waals surface area (Å²) in [5.74, 6) is 2.15. The molecule has 1 heterocycles. The van der Waals surface area contributed by atoms with Crippen LogP contribution in [0.5, 0.6) is 0 Å². The van der Waals surface area contributed by atoms with Crippen molar-refractivity contribution in [2.45, 2.75) is 49.8 Å². The van der Waals surface area contributed by atoms with Gasteiger partial charge >= 0.3 is 0 Å². The maximum atomic E-state index is 4.36. The van der Waals surface area contributed by atoms with Crippen LogP contribution in [0.2, 0.25) is 0 Å². The number of imidazole rings is 1. The molecule has 0 spiro atoms. The molecule has 2 nitrogen and oxygen atoms in total. The summed E-state index contributed by atoms with van der Waals surface area (Å²) in [7, 11) is 2.07. The van der Waals surface area contributed by atoms with Crippen LogP contribution in [-0.2, 0) is 13.5 Å². The lowest BCUT2D eigenvalue weighted by Crippen LogP contribution is -2.11. The molecule has 0 radical (unpaired) electrons. The van der Waals surface area contributed by atoms with E-state index in [1.165, 1.54) is 44.3 Å². The summed E-state index contributed by atoms with van der Waals surface area (Å²) in [5.41, 5.74) is 0. The molecule has 1 aliphatic rings. The van der Waals surface area contributed by atoms with Gasteiger partial charge in [-0.2, -0.15) is 0 Å². The average molecular weight is 285 g/mol. The van der Waals surface area contributed by atoms with Crippen LogP contribution < -0.4 is 0 Å². The van der Waals surface area contributed by atoms with Gasteiger partial charge in [-0.25, -0.2) is 4.98 Å². The molecule has 16 heavy (non-hydrogen) atoms. The topological polar surface area (TPSA) is 17.8 Å². The number of hydrogen-bond acceptors (Lipinski definition) is 1. The van der Waals surface area contributed by atoms with E-state index in [9.17, 15) is 0 Å². The standard InChI is InChI=1S/C13H21BrN2/c1-16-10-9-15-13(16)8-4-7-12(14)11-5-2-3-6-11/h9-12H,2-8H2,1H3. The van der Waals surface area contributed by atoms with Gasteiger partial charge in [-0.05, 0) is 31.6 Å². The van der Waals surface area contributed by atoms with E-state index in [-0.39, 0.29) is 0 Å². The Morgan fingerprint density at radius 1 is 1.50 bits per heavy atom. The predicted molar refractivity (Wildman–Crippen MR) is 70.8 cm³/mol. The van der Waals surface area contributed by atoms with Crippen LogP contribution in [-0.4, -0.2) is 14.4 Å². The Kier molecular flexibility index (Phi) is 4.45. The third kappa shape index (κ3) is 3.09. The third-order valence-electron chi connectivity index (χ3n) is 3.71. The summed E-state index contributed by atoms with van der Waals surface area (Å²) in [6.07, 6.45) is 13.3. The second kappa shape index (κ2) is 5.85. The quantitative estimate of drug-likeness (QED) is 0.754. The average Bonchev–Trinajstić information content (AvgIpc) is 2.90. The Hall–Kier alpha value is -0.310. The van der Waals surface area contributed by atoms with E-state index in [1.54, 1.807) is 0 Å². The number of halogens is 1. The minimum atomic E-state index is 0.732. The van der Waals surface area contributed by atoms with Crippen LogP contribution in [0.25, 0.3) is 0 Å². The lowest BCUT2D eigenvalue weighted by atomic mass is 9.99. The molecule has 0 amide bonds. The van der Waals surface area contributed by atoms with E-state index in [0.717, 1.165) is 17.2 Å². The highest BCUT2D eigenvalue weighted by molar-refractivity contribution is 9.09. The number of rotatable bonds is 5. The number of aryl methyl sites for hydroxylation is 2. The van der Waals surface area contributed by atoms with Crippen LogP contribution in [0.3, 0.4) is 0 Å². The number of nitrogens with zero attached hydrogens (tertiary/aromatic N) is 2. The Balaban J connectivity index is 1.69. The summed E-state index contributed by atoms with van der Waals surface area (Å²) in [5, 5.41) is 0. The largest absolute Gasteiger partial charge is 0.338 e. The summed E-state index contributed by atoms with van der Waals surface area (Å²) >= 11 is 3.86. The van der Waals surface area contributed by atoms with Crippen molar-refractivity contribution in [3.63, 3.8) is 0 Å². The molecule has 0 saturated heterocycles. The Morgan fingerprint density at radius 3 is 2.88 bits per heavy atom. The molecule has 0 aliphatic heterocycles. The first-order chi connectivity index (χ1) is 7.77. The van der Waals surface area contributed by atoms with Gasteiger partial charge in [0.05, 0.1) is 0 Å². The fourth-order valence-electron chi connectivity index (χ4n) is 2.65. The summed E-state index contributed by atoms with van der Waals surface area (Å²) < 4.78 is 2.12. The number of aromatic nitrogens is 2. The van der Waals surface area contributed by atoms with Crippen LogP contribution >= 0.6 is 15.9 Å². The van der Waals surface area contributed by atoms with E-state index in [4.69, 9.17) is 0 Å². The first-order valence-electron chi connectivity index (χ1n) is 6.37. The van der Waals surface area contributed by atoms with Crippen molar-refractivity contribution in [2.75, 3.05) is 0 Å². The summed E-state index contributed by atoms with van der Waals surface area (Å²) in [6.45, 7) is 0. The highest BCUT2D eigenvalue weighted by Crippen LogP contribution is 2.33. The van der Waals surface area contributed by atoms with Gasteiger partial charge in [0.1, 0.15) is 5.82 Å². The first-order valence-corrected chi connectivity index (χ1v) is 7.29. The molecule has 0 bridgehead atoms. The minimum absolute atomic E-state index is 0.732. The molecular weight excluding hydrogens is 264 g/mol. The normalized spacial score (nSPS) is 19.1. The SMILES string of the molecule is Cn1ccnc1CCCC(Br)C1CCCC1. The van der Waals surface area contributed by atoms with Gasteiger partial charge in [0.2, 0.25) is 0 Å². The van der Waals surface area contributed by atoms with E-state index < -0.39 is 0 Å². The fraction of sp³-hybridized carbons (Fsp3) is 0.769. The van der Waals surface area contributed by atoms with Crippen molar-refractivity contribution in [1.82, 2.24) is 9.55 Å². The van der Waals surface area contributed by atoms with Gasteiger partial charge in [0.25, 0.3) is 0 Å². The van der Waals surface area contributed by atoms with Crippen LogP contribution in [0.1, 0.15) is 44.3 Å². The molecule has 1 unspecified atom stereocenters. The Morgan fingerprint density at radius 2 is 2.25 bits per heavy atom. The van der Waals surface area contributed by atoms with Gasteiger partial charge in [-0.1, -0.05) is 28.8 Å². The van der Waals surface area contributed by atoms with Gasteiger partial charge in [0, 0.05) is 30.7 Å². The third-order valence-corrected chi connectivity index (χ3v) is 4.92. The molecule has 0 N–H and O–H groups in total. The van der Waals surface area contributed by atoms with Crippen LogP contribution in [0.15, 0.2) is 12.4 Å². The fourth-order valence-corrected chi connectivity index (χ4v) is 3.50. The highest BCUT2D eigenvalue weighted by Gasteiger charge is 2.22.